The second-order valence-corrected chi connectivity index (χ2v) is 4.32. The van der Waals surface area contributed by atoms with Gasteiger partial charge in [0.05, 0.1) is 16.6 Å². The lowest BCUT2D eigenvalue weighted by atomic mass is 10.1. The predicted molar refractivity (Wildman–Crippen MR) is 74.6 cm³/mol. The number of pyridine rings is 1. The molecule has 0 fully saturated rings. The Morgan fingerprint density at radius 2 is 2.05 bits per heavy atom. The van der Waals surface area contributed by atoms with Crippen molar-refractivity contribution in [2.75, 3.05) is 6.54 Å². The number of aliphatic hydroxyl groups excluding tert-OH is 1. The summed E-state index contributed by atoms with van der Waals surface area (Å²) in [5, 5.41) is 23.1. The van der Waals surface area contributed by atoms with E-state index in [4.69, 9.17) is 0 Å². The Morgan fingerprint density at radius 3 is 2.62 bits per heavy atom. The van der Waals surface area contributed by atoms with Crippen molar-refractivity contribution in [2.45, 2.75) is 6.10 Å². The van der Waals surface area contributed by atoms with Crippen molar-refractivity contribution in [3.8, 4) is 0 Å². The lowest BCUT2D eigenvalue weighted by Gasteiger charge is -2.12. The molecule has 1 amide bonds. The Kier molecular flexibility index (Phi) is 4.57. The molecule has 0 radical (unpaired) electrons. The van der Waals surface area contributed by atoms with Gasteiger partial charge >= 0.3 is 0 Å². The number of rotatable bonds is 5. The van der Waals surface area contributed by atoms with E-state index in [2.05, 4.69) is 10.3 Å². The number of aliphatic hydroxyl groups is 1. The number of carbonyl (C=O) groups is 1. The smallest absolute Gasteiger partial charge is 0.269 e. The molecule has 1 atom stereocenters. The van der Waals surface area contributed by atoms with Crippen molar-refractivity contribution >= 4 is 11.6 Å². The molecular formula is C14H13N3O4. The second kappa shape index (κ2) is 6.58. The maximum atomic E-state index is 11.8. The van der Waals surface area contributed by atoms with Crippen LogP contribution in [0, 0.1) is 10.1 Å². The van der Waals surface area contributed by atoms with E-state index >= 15 is 0 Å². The van der Waals surface area contributed by atoms with Gasteiger partial charge in [-0.3, -0.25) is 19.9 Å². The molecule has 0 saturated heterocycles. The molecular weight excluding hydrogens is 274 g/mol. The van der Waals surface area contributed by atoms with Gasteiger partial charge in [-0.15, -0.1) is 0 Å². The molecule has 1 aromatic carbocycles. The third-order valence-electron chi connectivity index (χ3n) is 2.87. The zero-order chi connectivity index (χ0) is 15.2. The highest BCUT2D eigenvalue weighted by atomic mass is 16.6. The molecule has 21 heavy (non-hydrogen) atoms. The van der Waals surface area contributed by atoms with Crippen LogP contribution < -0.4 is 5.32 Å². The summed E-state index contributed by atoms with van der Waals surface area (Å²) in [5.74, 6) is -0.343. The fourth-order valence-electron chi connectivity index (χ4n) is 1.72. The number of benzene rings is 1. The van der Waals surface area contributed by atoms with Crippen LogP contribution in [-0.2, 0) is 0 Å². The monoisotopic (exact) mass is 287 g/mol. The van der Waals surface area contributed by atoms with Gasteiger partial charge < -0.3 is 10.4 Å². The minimum Gasteiger partial charge on any atom is -0.387 e. The van der Waals surface area contributed by atoms with Crippen molar-refractivity contribution in [1.82, 2.24) is 10.3 Å². The first-order valence-electron chi connectivity index (χ1n) is 6.18. The van der Waals surface area contributed by atoms with E-state index in [1.807, 2.05) is 0 Å². The molecule has 0 aliphatic rings. The normalized spacial score (nSPS) is 11.7. The first-order valence-corrected chi connectivity index (χ1v) is 6.18. The quantitative estimate of drug-likeness (QED) is 0.639. The first-order chi connectivity index (χ1) is 10.1. The van der Waals surface area contributed by atoms with Crippen LogP contribution in [-0.4, -0.2) is 27.5 Å². The maximum absolute atomic E-state index is 11.8. The van der Waals surface area contributed by atoms with Gasteiger partial charge in [0.2, 0.25) is 0 Å². The molecule has 7 nitrogen and oxygen atoms in total. The van der Waals surface area contributed by atoms with Crippen molar-refractivity contribution in [3.05, 3.63) is 70.0 Å². The van der Waals surface area contributed by atoms with Crippen LogP contribution >= 0.6 is 0 Å². The first kappa shape index (κ1) is 14.6. The average Bonchev–Trinajstić information content (AvgIpc) is 2.53. The second-order valence-electron chi connectivity index (χ2n) is 4.32. The number of aromatic nitrogens is 1. The summed E-state index contributed by atoms with van der Waals surface area (Å²) in [6.45, 7) is 0.00549. The number of carbonyl (C=O) groups excluding carboxylic acids is 1. The fraction of sp³-hybridized carbons (Fsp3) is 0.143. The van der Waals surface area contributed by atoms with E-state index < -0.39 is 11.0 Å². The van der Waals surface area contributed by atoms with Crippen molar-refractivity contribution < 1.29 is 14.8 Å². The maximum Gasteiger partial charge on any atom is 0.269 e. The van der Waals surface area contributed by atoms with Crippen molar-refractivity contribution in [2.24, 2.45) is 0 Å². The van der Waals surface area contributed by atoms with Crippen LogP contribution in [0.15, 0.2) is 48.8 Å². The van der Waals surface area contributed by atoms with E-state index in [0.717, 1.165) is 0 Å². The predicted octanol–water partition coefficient (Wildman–Crippen LogP) is 1.45. The largest absolute Gasteiger partial charge is 0.387 e. The van der Waals surface area contributed by atoms with E-state index in [9.17, 15) is 20.0 Å². The van der Waals surface area contributed by atoms with Gasteiger partial charge in [0.1, 0.15) is 0 Å². The van der Waals surface area contributed by atoms with Gasteiger partial charge in [0.25, 0.3) is 11.6 Å². The summed E-state index contributed by atoms with van der Waals surface area (Å²) in [6.07, 6.45) is 2.04. The minimum absolute atomic E-state index is 0.00549. The van der Waals surface area contributed by atoms with Crippen molar-refractivity contribution in [3.63, 3.8) is 0 Å². The number of nitrogens with one attached hydrogen (secondary N) is 1. The van der Waals surface area contributed by atoms with Gasteiger partial charge in [0, 0.05) is 31.1 Å². The Hall–Kier alpha value is -2.80. The molecule has 2 N–H and O–H groups in total. The molecule has 0 aliphatic heterocycles. The van der Waals surface area contributed by atoms with Crippen LogP contribution in [0.2, 0.25) is 0 Å². The van der Waals surface area contributed by atoms with Gasteiger partial charge in [0.15, 0.2) is 0 Å². The van der Waals surface area contributed by atoms with Crippen LogP contribution in [0.1, 0.15) is 22.0 Å². The van der Waals surface area contributed by atoms with Gasteiger partial charge in [-0.1, -0.05) is 0 Å². The van der Waals surface area contributed by atoms with Gasteiger partial charge in [-0.25, -0.2) is 0 Å². The Morgan fingerprint density at radius 1 is 1.33 bits per heavy atom. The fourth-order valence-corrected chi connectivity index (χ4v) is 1.72. The molecule has 0 saturated carbocycles. The molecule has 0 bridgehead atoms. The zero-order valence-electron chi connectivity index (χ0n) is 11.0. The Balaban J connectivity index is 1.94. The molecule has 108 valence electrons. The molecule has 2 rings (SSSR count). The third-order valence-corrected chi connectivity index (χ3v) is 2.87. The standard InChI is InChI=1S/C14H13N3O4/c18-13(10-3-5-12(6-4-10)17(20)21)9-16-14(19)11-2-1-7-15-8-11/h1-8,13,18H,9H2,(H,16,19). The Labute approximate surface area is 120 Å². The van der Waals surface area contributed by atoms with E-state index in [1.54, 1.807) is 18.3 Å². The summed E-state index contributed by atoms with van der Waals surface area (Å²) < 4.78 is 0. The minimum atomic E-state index is -0.938. The summed E-state index contributed by atoms with van der Waals surface area (Å²) in [7, 11) is 0. The zero-order valence-corrected chi connectivity index (χ0v) is 11.0. The number of nitro groups is 1. The number of non-ortho nitro benzene ring substituents is 1. The van der Waals surface area contributed by atoms with Gasteiger partial charge in [-0.05, 0) is 29.8 Å². The molecule has 1 aromatic heterocycles. The summed E-state index contributed by atoms with van der Waals surface area (Å²) >= 11 is 0. The molecule has 1 heterocycles. The van der Waals surface area contributed by atoms with E-state index in [1.165, 1.54) is 30.5 Å². The van der Waals surface area contributed by atoms with E-state index in [-0.39, 0.29) is 18.1 Å². The molecule has 7 heteroatoms. The number of amides is 1. The van der Waals surface area contributed by atoms with Crippen molar-refractivity contribution in [1.29, 1.82) is 0 Å². The summed E-state index contributed by atoms with van der Waals surface area (Å²) in [6, 6.07) is 8.78. The number of hydrogen-bond acceptors (Lipinski definition) is 5. The van der Waals surface area contributed by atoms with E-state index in [0.29, 0.717) is 11.1 Å². The molecule has 0 spiro atoms. The average molecular weight is 287 g/mol. The number of hydrogen-bond donors (Lipinski definition) is 2. The van der Waals surface area contributed by atoms with Crippen LogP contribution in [0.5, 0.6) is 0 Å². The number of nitro benzene ring substituents is 1. The highest BCUT2D eigenvalue weighted by molar-refractivity contribution is 5.93. The van der Waals surface area contributed by atoms with Crippen LogP contribution in [0.3, 0.4) is 0 Å². The molecule has 0 aliphatic carbocycles. The van der Waals surface area contributed by atoms with Crippen LogP contribution in [0.25, 0.3) is 0 Å². The van der Waals surface area contributed by atoms with Gasteiger partial charge in [-0.2, -0.15) is 0 Å². The number of nitrogens with zero attached hydrogens (tertiary/aromatic N) is 2. The highest BCUT2D eigenvalue weighted by Crippen LogP contribution is 2.17. The summed E-state index contributed by atoms with van der Waals surface area (Å²) in [4.78, 5) is 25.6. The third kappa shape index (κ3) is 3.83. The Bertz CT molecular complexity index is 628. The molecule has 2 aromatic rings. The molecule has 1 unspecified atom stereocenters. The van der Waals surface area contributed by atoms with Crippen LogP contribution in [0.4, 0.5) is 5.69 Å². The highest BCUT2D eigenvalue weighted by Gasteiger charge is 2.12. The summed E-state index contributed by atoms with van der Waals surface area (Å²) in [5.41, 5.74) is 0.839. The SMILES string of the molecule is O=C(NCC(O)c1ccc([N+](=O)[O-])cc1)c1cccnc1. The lowest BCUT2D eigenvalue weighted by Crippen LogP contribution is -2.28. The lowest BCUT2D eigenvalue weighted by molar-refractivity contribution is -0.384. The topological polar surface area (TPSA) is 105 Å².